The van der Waals surface area contributed by atoms with E-state index in [0.29, 0.717) is 17.8 Å². The van der Waals surface area contributed by atoms with Gasteiger partial charge < -0.3 is 10.2 Å². The van der Waals surface area contributed by atoms with Gasteiger partial charge in [0.2, 0.25) is 0 Å². The van der Waals surface area contributed by atoms with Crippen LogP contribution in [-0.4, -0.2) is 29.2 Å². The zero-order valence-electron chi connectivity index (χ0n) is 11.2. The summed E-state index contributed by atoms with van der Waals surface area (Å²) >= 11 is 0. The van der Waals surface area contributed by atoms with Crippen molar-refractivity contribution in [3.8, 4) is 0 Å². The molecule has 3 atom stereocenters. The molecule has 0 aromatic rings. The van der Waals surface area contributed by atoms with Gasteiger partial charge in [-0.05, 0) is 30.6 Å². The van der Waals surface area contributed by atoms with Gasteiger partial charge in [-0.2, -0.15) is 0 Å². The van der Waals surface area contributed by atoms with E-state index >= 15 is 0 Å². The van der Waals surface area contributed by atoms with Crippen LogP contribution in [0.25, 0.3) is 0 Å². The summed E-state index contributed by atoms with van der Waals surface area (Å²) in [5, 5.41) is 18.3. The van der Waals surface area contributed by atoms with Crippen LogP contribution in [0.1, 0.15) is 40.0 Å². The van der Waals surface area contributed by atoms with Crippen molar-refractivity contribution in [2.24, 2.45) is 29.6 Å². The Morgan fingerprint density at radius 2 is 1.82 bits per heavy atom. The summed E-state index contributed by atoms with van der Waals surface area (Å²) in [4.78, 5) is 12.3. The standard InChI is InChI=1S/C14H26O3/c1-9(2)12-5-4-10(3)6-13(12)14(17)11(7-15)8-16/h9-13,15-16H,4-8H2,1-3H3. The van der Waals surface area contributed by atoms with Gasteiger partial charge in [0.15, 0.2) is 0 Å². The lowest BCUT2D eigenvalue weighted by Gasteiger charge is -2.37. The van der Waals surface area contributed by atoms with Crippen molar-refractivity contribution in [3.05, 3.63) is 0 Å². The van der Waals surface area contributed by atoms with E-state index in [1.807, 2.05) is 0 Å². The first kappa shape index (κ1) is 14.7. The van der Waals surface area contributed by atoms with Crippen molar-refractivity contribution in [3.63, 3.8) is 0 Å². The molecule has 3 heteroatoms. The first-order chi connectivity index (χ1) is 8.01. The fraction of sp³-hybridized carbons (Fsp3) is 0.929. The molecule has 1 saturated carbocycles. The van der Waals surface area contributed by atoms with Crippen molar-refractivity contribution >= 4 is 5.78 Å². The van der Waals surface area contributed by atoms with Crippen LogP contribution in [0.3, 0.4) is 0 Å². The Morgan fingerprint density at radius 3 is 2.29 bits per heavy atom. The number of Topliss-reactive ketones (excluding diaryl/α,β-unsaturated/α-hetero) is 1. The van der Waals surface area contributed by atoms with Crippen LogP contribution in [0.5, 0.6) is 0 Å². The number of rotatable bonds is 5. The van der Waals surface area contributed by atoms with E-state index in [-0.39, 0.29) is 24.9 Å². The molecule has 1 fully saturated rings. The average Bonchev–Trinajstić information content (AvgIpc) is 2.29. The van der Waals surface area contributed by atoms with E-state index in [4.69, 9.17) is 10.2 Å². The number of ketones is 1. The van der Waals surface area contributed by atoms with E-state index in [1.165, 1.54) is 6.42 Å². The van der Waals surface area contributed by atoms with Crippen LogP contribution in [-0.2, 0) is 4.79 Å². The molecule has 2 N–H and O–H groups in total. The number of carbonyl (C=O) groups is 1. The van der Waals surface area contributed by atoms with Gasteiger partial charge in [-0.3, -0.25) is 4.79 Å². The first-order valence-corrected chi connectivity index (χ1v) is 6.76. The molecular weight excluding hydrogens is 216 g/mol. The van der Waals surface area contributed by atoms with Crippen LogP contribution in [0.2, 0.25) is 0 Å². The smallest absolute Gasteiger partial charge is 0.143 e. The van der Waals surface area contributed by atoms with E-state index in [9.17, 15) is 4.79 Å². The summed E-state index contributed by atoms with van der Waals surface area (Å²) in [7, 11) is 0. The Balaban J connectivity index is 2.78. The highest BCUT2D eigenvalue weighted by Crippen LogP contribution is 2.39. The molecule has 0 radical (unpaired) electrons. The predicted molar refractivity (Wildman–Crippen MR) is 67.5 cm³/mol. The molecule has 0 aromatic heterocycles. The SMILES string of the molecule is CC1CCC(C(C)C)C(C(=O)C(CO)CO)C1. The maximum Gasteiger partial charge on any atom is 0.143 e. The highest BCUT2D eigenvalue weighted by molar-refractivity contribution is 5.84. The number of aliphatic hydroxyl groups is 2. The van der Waals surface area contributed by atoms with Gasteiger partial charge in [0.1, 0.15) is 5.78 Å². The largest absolute Gasteiger partial charge is 0.396 e. The molecule has 0 amide bonds. The Morgan fingerprint density at radius 1 is 1.24 bits per heavy atom. The molecule has 1 aliphatic rings. The highest BCUT2D eigenvalue weighted by atomic mass is 16.3. The first-order valence-electron chi connectivity index (χ1n) is 6.76. The third-order valence-electron chi connectivity index (χ3n) is 4.23. The van der Waals surface area contributed by atoms with E-state index in [0.717, 1.165) is 12.8 Å². The summed E-state index contributed by atoms with van der Waals surface area (Å²) in [6.07, 6.45) is 3.20. The molecule has 0 aliphatic heterocycles. The maximum atomic E-state index is 12.3. The summed E-state index contributed by atoms with van der Waals surface area (Å²) in [6, 6.07) is 0. The molecule has 17 heavy (non-hydrogen) atoms. The van der Waals surface area contributed by atoms with Gasteiger partial charge in [-0.25, -0.2) is 0 Å². The number of hydrogen-bond donors (Lipinski definition) is 2. The zero-order valence-corrected chi connectivity index (χ0v) is 11.2. The Kier molecular flexibility index (Phi) is 5.60. The quantitative estimate of drug-likeness (QED) is 0.773. The van der Waals surface area contributed by atoms with Crippen LogP contribution in [0.15, 0.2) is 0 Å². The third kappa shape index (κ3) is 3.52. The summed E-state index contributed by atoms with van der Waals surface area (Å²) in [5.74, 6) is 1.01. The second kappa shape index (κ2) is 6.50. The van der Waals surface area contributed by atoms with Gasteiger partial charge in [-0.1, -0.05) is 27.2 Å². The summed E-state index contributed by atoms with van der Waals surface area (Å²) in [5.41, 5.74) is 0. The van der Waals surface area contributed by atoms with E-state index in [2.05, 4.69) is 20.8 Å². The Labute approximate surface area is 104 Å². The van der Waals surface area contributed by atoms with Gasteiger partial charge in [0.05, 0.1) is 19.1 Å². The fourth-order valence-electron chi connectivity index (χ4n) is 3.07. The molecule has 0 saturated heterocycles. The Bertz CT molecular complexity index is 246. The van der Waals surface area contributed by atoms with Gasteiger partial charge in [-0.15, -0.1) is 0 Å². The molecule has 3 unspecified atom stereocenters. The summed E-state index contributed by atoms with van der Waals surface area (Å²) < 4.78 is 0. The monoisotopic (exact) mass is 242 g/mol. The predicted octanol–water partition coefficient (Wildman–Crippen LogP) is 1.86. The van der Waals surface area contributed by atoms with Crippen LogP contribution in [0.4, 0.5) is 0 Å². The molecule has 0 heterocycles. The van der Waals surface area contributed by atoms with Crippen molar-refractivity contribution in [1.82, 2.24) is 0 Å². The minimum absolute atomic E-state index is 0.0306. The van der Waals surface area contributed by atoms with Crippen molar-refractivity contribution in [2.45, 2.75) is 40.0 Å². The average molecular weight is 242 g/mol. The fourth-order valence-corrected chi connectivity index (χ4v) is 3.07. The lowest BCUT2D eigenvalue weighted by atomic mass is 9.67. The van der Waals surface area contributed by atoms with Crippen LogP contribution in [0, 0.1) is 29.6 Å². The minimum Gasteiger partial charge on any atom is -0.396 e. The van der Waals surface area contributed by atoms with E-state index in [1.54, 1.807) is 0 Å². The molecular formula is C14H26O3. The number of hydrogen-bond acceptors (Lipinski definition) is 3. The van der Waals surface area contributed by atoms with Crippen LogP contribution < -0.4 is 0 Å². The molecule has 0 aromatic carbocycles. The molecule has 3 nitrogen and oxygen atoms in total. The normalized spacial score (nSPS) is 29.9. The second-order valence-electron chi connectivity index (χ2n) is 5.90. The van der Waals surface area contributed by atoms with Gasteiger partial charge in [0.25, 0.3) is 0 Å². The van der Waals surface area contributed by atoms with Gasteiger partial charge >= 0.3 is 0 Å². The molecule has 1 aliphatic carbocycles. The molecule has 1 rings (SSSR count). The second-order valence-corrected chi connectivity index (χ2v) is 5.90. The highest BCUT2D eigenvalue weighted by Gasteiger charge is 2.37. The lowest BCUT2D eigenvalue weighted by molar-refractivity contribution is -0.133. The van der Waals surface area contributed by atoms with Crippen molar-refractivity contribution < 1.29 is 15.0 Å². The third-order valence-corrected chi connectivity index (χ3v) is 4.23. The molecule has 0 bridgehead atoms. The summed E-state index contributed by atoms with van der Waals surface area (Å²) in [6.45, 7) is 6.04. The van der Waals surface area contributed by atoms with Crippen LogP contribution >= 0.6 is 0 Å². The van der Waals surface area contributed by atoms with Crippen molar-refractivity contribution in [2.75, 3.05) is 13.2 Å². The minimum atomic E-state index is -0.577. The topological polar surface area (TPSA) is 57.5 Å². The van der Waals surface area contributed by atoms with Gasteiger partial charge in [0, 0.05) is 5.92 Å². The lowest BCUT2D eigenvalue weighted by Crippen LogP contribution is -2.38. The van der Waals surface area contributed by atoms with E-state index < -0.39 is 5.92 Å². The Hall–Kier alpha value is -0.410. The molecule has 0 spiro atoms. The van der Waals surface area contributed by atoms with Crippen molar-refractivity contribution in [1.29, 1.82) is 0 Å². The number of aliphatic hydroxyl groups excluding tert-OH is 2. The number of carbonyl (C=O) groups excluding carboxylic acids is 1. The molecule has 100 valence electrons. The zero-order chi connectivity index (χ0) is 13.0. The maximum absolute atomic E-state index is 12.3.